The zero-order valence-corrected chi connectivity index (χ0v) is 21.7. The van der Waals surface area contributed by atoms with Gasteiger partial charge >= 0.3 is 6.18 Å². The molecule has 3 aliphatic heterocycles. The van der Waals surface area contributed by atoms with Crippen molar-refractivity contribution in [1.29, 1.82) is 0 Å². The molecule has 0 aromatic heterocycles. The number of halogens is 3. The van der Waals surface area contributed by atoms with Gasteiger partial charge in [0.2, 0.25) is 5.91 Å². The highest BCUT2D eigenvalue weighted by Crippen LogP contribution is 2.41. The number of methoxy groups -OCH3 is 1. The maximum atomic E-state index is 13.5. The number of nitrogens with one attached hydrogen (secondary N) is 1. The highest BCUT2D eigenvalue weighted by Gasteiger charge is 2.43. The van der Waals surface area contributed by atoms with E-state index in [0.717, 1.165) is 62.5 Å². The second kappa shape index (κ2) is 11.4. The number of fused-ring (bicyclic) bond motifs is 3. The number of amides is 1. The summed E-state index contributed by atoms with van der Waals surface area (Å²) in [5, 5.41) is 3.09. The summed E-state index contributed by atoms with van der Waals surface area (Å²) in [5.41, 5.74) is 1.65. The first kappa shape index (κ1) is 26.6. The summed E-state index contributed by atoms with van der Waals surface area (Å²) in [7, 11) is 1.64. The van der Waals surface area contributed by atoms with Crippen molar-refractivity contribution in [1.82, 2.24) is 10.2 Å². The molecule has 2 aromatic rings. The van der Waals surface area contributed by atoms with Crippen LogP contribution in [0.2, 0.25) is 0 Å². The Bertz CT molecular complexity index is 1120. The molecule has 1 N–H and O–H groups in total. The summed E-state index contributed by atoms with van der Waals surface area (Å²) in [6, 6.07) is 11.6. The van der Waals surface area contributed by atoms with Gasteiger partial charge in [0.25, 0.3) is 0 Å². The molecule has 2 fully saturated rings. The van der Waals surface area contributed by atoms with Gasteiger partial charge in [-0.05, 0) is 55.3 Å². The summed E-state index contributed by atoms with van der Waals surface area (Å²) >= 11 is 0. The maximum Gasteiger partial charge on any atom is 0.416 e. The van der Waals surface area contributed by atoms with E-state index in [1.54, 1.807) is 13.2 Å². The number of alkyl halides is 3. The summed E-state index contributed by atoms with van der Waals surface area (Å²) in [5.74, 6) is 0.190. The second-order valence-electron chi connectivity index (χ2n) is 10.1. The van der Waals surface area contributed by atoms with Crippen LogP contribution in [0.4, 0.5) is 24.5 Å². The van der Waals surface area contributed by atoms with Crippen LogP contribution in [0.3, 0.4) is 0 Å². The monoisotopic (exact) mass is 532 g/mol. The Morgan fingerprint density at radius 1 is 1.08 bits per heavy atom. The van der Waals surface area contributed by atoms with Crippen molar-refractivity contribution < 1.29 is 27.4 Å². The van der Waals surface area contributed by atoms with Crippen LogP contribution in [-0.2, 0) is 22.1 Å². The van der Waals surface area contributed by atoms with E-state index in [4.69, 9.17) is 9.47 Å². The predicted molar refractivity (Wildman–Crippen MR) is 140 cm³/mol. The van der Waals surface area contributed by atoms with E-state index < -0.39 is 17.7 Å². The van der Waals surface area contributed by atoms with Gasteiger partial charge in [-0.1, -0.05) is 12.1 Å². The maximum absolute atomic E-state index is 13.5. The molecule has 0 unspecified atom stereocenters. The molecule has 3 aliphatic rings. The minimum absolute atomic E-state index is 0.105. The Labute approximate surface area is 221 Å². The highest BCUT2D eigenvalue weighted by atomic mass is 19.4. The molecule has 38 heavy (non-hydrogen) atoms. The van der Waals surface area contributed by atoms with E-state index in [0.29, 0.717) is 31.7 Å². The van der Waals surface area contributed by atoms with Crippen LogP contribution >= 0.6 is 0 Å². The quantitative estimate of drug-likeness (QED) is 0.552. The highest BCUT2D eigenvalue weighted by molar-refractivity contribution is 5.82. The number of anilines is 2. The number of benzene rings is 2. The minimum Gasteiger partial charge on any atom is -0.495 e. The largest absolute Gasteiger partial charge is 0.495 e. The van der Waals surface area contributed by atoms with E-state index in [1.165, 1.54) is 6.07 Å². The average Bonchev–Trinajstić information content (AvgIpc) is 2.94. The van der Waals surface area contributed by atoms with Crippen LogP contribution in [0.5, 0.6) is 5.75 Å². The Kier molecular flexibility index (Phi) is 7.99. The lowest BCUT2D eigenvalue weighted by molar-refractivity contribution is -0.137. The average molecular weight is 533 g/mol. The third-order valence-corrected chi connectivity index (χ3v) is 7.86. The molecule has 3 heterocycles. The van der Waals surface area contributed by atoms with Crippen LogP contribution in [0.15, 0.2) is 42.5 Å². The number of rotatable bonds is 7. The second-order valence-corrected chi connectivity index (χ2v) is 10.1. The molecule has 0 bridgehead atoms. The Morgan fingerprint density at radius 3 is 2.63 bits per heavy atom. The van der Waals surface area contributed by atoms with Gasteiger partial charge in [-0.2, -0.15) is 13.2 Å². The number of carbonyl (C=O) groups is 1. The van der Waals surface area contributed by atoms with E-state index >= 15 is 0 Å². The van der Waals surface area contributed by atoms with Gasteiger partial charge in [0.1, 0.15) is 5.75 Å². The first-order chi connectivity index (χ1) is 18.3. The van der Waals surface area contributed by atoms with Crippen LogP contribution < -0.4 is 19.9 Å². The van der Waals surface area contributed by atoms with Gasteiger partial charge in [0.05, 0.1) is 43.5 Å². The third kappa shape index (κ3) is 5.71. The molecule has 0 aliphatic carbocycles. The number of ether oxygens (including phenoxy) is 2. The number of hydrogen-bond acceptors (Lipinski definition) is 6. The van der Waals surface area contributed by atoms with Crippen LogP contribution in [0, 0.1) is 5.92 Å². The number of nitrogens with zero attached hydrogens (tertiary/aromatic N) is 3. The van der Waals surface area contributed by atoms with Gasteiger partial charge in [0, 0.05) is 45.0 Å². The van der Waals surface area contributed by atoms with E-state index in [9.17, 15) is 18.0 Å². The lowest BCUT2D eigenvalue weighted by atomic mass is 9.82. The Morgan fingerprint density at radius 2 is 1.87 bits per heavy atom. The standard InChI is InChI=1S/C28H35F3N4O3/c1-37-26-6-3-2-5-24(26)34-11-12-35-23-8-7-21(28(29,30)31)17-20(23)18-22(25(35)19-34)27(36)32-9-4-10-33-13-15-38-16-14-33/h2-3,5-8,17,22,25H,4,9-16,18-19H2,1H3,(H,32,36)/t22-,25+/m0/s1. The van der Waals surface area contributed by atoms with Crippen LogP contribution in [0.25, 0.3) is 0 Å². The van der Waals surface area contributed by atoms with Crippen LogP contribution in [-0.4, -0.2) is 83.0 Å². The normalized spacial score (nSPS) is 22.0. The van der Waals surface area contributed by atoms with Gasteiger partial charge in [0.15, 0.2) is 0 Å². The predicted octanol–water partition coefficient (Wildman–Crippen LogP) is 3.42. The molecule has 1 amide bonds. The molecule has 206 valence electrons. The molecule has 0 radical (unpaired) electrons. The van der Waals surface area contributed by atoms with E-state index in [-0.39, 0.29) is 18.4 Å². The summed E-state index contributed by atoms with van der Waals surface area (Å²) in [6.45, 7) is 6.51. The number of carbonyl (C=O) groups excluding carboxylic acids is 1. The minimum atomic E-state index is -4.42. The van der Waals surface area contributed by atoms with Crippen molar-refractivity contribution in [3.8, 4) is 5.75 Å². The summed E-state index contributed by atoms with van der Waals surface area (Å²) in [6.07, 6.45) is -3.34. The van der Waals surface area contributed by atoms with E-state index in [2.05, 4.69) is 20.0 Å². The van der Waals surface area contributed by atoms with E-state index in [1.807, 2.05) is 24.3 Å². The molecule has 2 saturated heterocycles. The SMILES string of the molecule is COc1ccccc1N1CCN2c3ccc(C(F)(F)F)cc3C[C@H](C(=O)NCCCN3CCOCC3)[C@H]2C1. The molecule has 2 aromatic carbocycles. The van der Waals surface area contributed by atoms with Crippen molar-refractivity contribution in [2.75, 3.05) is 75.9 Å². The van der Waals surface area contributed by atoms with Crippen LogP contribution in [0.1, 0.15) is 17.5 Å². The van der Waals surface area contributed by atoms with Crippen molar-refractivity contribution in [3.05, 3.63) is 53.6 Å². The fraction of sp³-hybridized carbons (Fsp3) is 0.536. The fourth-order valence-corrected chi connectivity index (χ4v) is 5.88. The van der Waals surface area contributed by atoms with Crippen molar-refractivity contribution in [2.45, 2.75) is 25.1 Å². The molecule has 0 saturated carbocycles. The van der Waals surface area contributed by atoms with Gasteiger partial charge in [-0.25, -0.2) is 0 Å². The molecule has 5 rings (SSSR count). The summed E-state index contributed by atoms with van der Waals surface area (Å²) in [4.78, 5) is 20.2. The number of para-hydroxylation sites is 2. The summed E-state index contributed by atoms with van der Waals surface area (Å²) < 4.78 is 51.4. The fourth-order valence-electron chi connectivity index (χ4n) is 5.88. The number of hydrogen-bond donors (Lipinski definition) is 1. The molecule has 0 spiro atoms. The van der Waals surface area contributed by atoms with Gasteiger partial charge in [-0.3, -0.25) is 9.69 Å². The van der Waals surface area contributed by atoms with Gasteiger partial charge < -0.3 is 24.6 Å². The molecule has 10 heteroatoms. The van der Waals surface area contributed by atoms with Crippen molar-refractivity contribution in [2.24, 2.45) is 5.92 Å². The zero-order valence-electron chi connectivity index (χ0n) is 21.7. The molecule has 2 atom stereocenters. The zero-order chi connectivity index (χ0) is 26.7. The van der Waals surface area contributed by atoms with Crippen molar-refractivity contribution in [3.63, 3.8) is 0 Å². The lowest BCUT2D eigenvalue weighted by Crippen LogP contribution is -2.61. The Balaban J connectivity index is 1.35. The van der Waals surface area contributed by atoms with Gasteiger partial charge in [-0.15, -0.1) is 0 Å². The first-order valence-corrected chi connectivity index (χ1v) is 13.3. The molecular weight excluding hydrogens is 497 g/mol. The van der Waals surface area contributed by atoms with Crippen molar-refractivity contribution >= 4 is 17.3 Å². The number of morpholine rings is 1. The molecule has 7 nitrogen and oxygen atoms in total. The smallest absolute Gasteiger partial charge is 0.416 e. The lowest BCUT2D eigenvalue weighted by Gasteiger charge is -2.49. The first-order valence-electron chi connectivity index (χ1n) is 13.3. The Hall–Kier alpha value is -2.98. The topological polar surface area (TPSA) is 57.3 Å². The molecular formula is C28H35F3N4O3. The number of piperazine rings is 1. The third-order valence-electron chi connectivity index (χ3n) is 7.86.